The summed E-state index contributed by atoms with van der Waals surface area (Å²) < 4.78 is 0. The predicted molar refractivity (Wildman–Crippen MR) is 60.4 cm³/mol. The van der Waals surface area contributed by atoms with Crippen LogP contribution in [0.15, 0.2) is 35.3 Å². The third-order valence-corrected chi connectivity index (χ3v) is 2.11. The van der Waals surface area contributed by atoms with Gasteiger partial charge in [0.05, 0.1) is 6.04 Å². The number of guanidine groups is 1. The lowest BCUT2D eigenvalue weighted by molar-refractivity contribution is 0.699. The Morgan fingerprint density at radius 3 is 2.43 bits per heavy atom. The van der Waals surface area contributed by atoms with Gasteiger partial charge < -0.3 is 10.6 Å². The van der Waals surface area contributed by atoms with Crippen LogP contribution in [-0.4, -0.2) is 20.1 Å². The Morgan fingerprint density at radius 1 is 1.29 bits per heavy atom. The second kappa shape index (κ2) is 5.27. The minimum atomic E-state index is 0.266. The molecular formula is C11H17N3. The van der Waals surface area contributed by atoms with Crippen LogP contribution in [0.2, 0.25) is 0 Å². The first-order chi connectivity index (χ1) is 6.77. The van der Waals surface area contributed by atoms with E-state index in [0.717, 1.165) is 5.96 Å². The molecule has 1 atom stereocenters. The Labute approximate surface area is 85.3 Å². The molecule has 0 amide bonds. The van der Waals surface area contributed by atoms with Gasteiger partial charge in [0.1, 0.15) is 0 Å². The molecule has 1 rings (SSSR count). The van der Waals surface area contributed by atoms with Crippen LogP contribution >= 0.6 is 0 Å². The molecule has 0 saturated carbocycles. The maximum atomic E-state index is 4.07. The van der Waals surface area contributed by atoms with Crippen molar-refractivity contribution in [2.24, 2.45) is 4.99 Å². The van der Waals surface area contributed by atoms with Gasteiger partial charge in [-0.1, -0.05) is 30.3 Å². The highest BCUT2D eigenvalue weighted by Gasteiger charge is 2.04. The predicted octanol–water partition coefficient (Wildman–Crippen LogP) is 1.54. The quantitative estimate of drug-likeness (QED) is 0.549. The van der Waals surface area contributed by atoms with Crippen LogP contribution in [0.25, 0.3) is 0 Å². The summed E-state index contributed by atoms with van der Waals surface area (Å²) >= 11 is 0. The fraction of sp³-hybridized carbons (Fsp3) is 0.364. The monoisotopic (exact) mass is 191 g/mol. The zero-order valence-electron chi connectivity index (χ0n) is 8.91. The molecule has 1 aromatic rings. The molecule has 0 spiro atoms. The highest BCUT2D eigenvalue weighted by molar-refractivity contribution is 5.79. The van der Waals surface area contributed by atoms with Crippen LogP contribution in [0.3, 0.4) is 0 Å². The number of nitrogens with one attached hydrogen (secondary N) is 2. The molecule has 1 unspecified atom stereocenters. The van der Waals surface area contributed by atoms with E-state index < -0.39 is 0 Å². The molecule has 2 N–H and O–H groups in total. The molecule has 0 aliphatic carbocycles. The molecule has 0 saturated heterocycles. The lowest BCUT2D eigenvalue weighted by atomic mass is 10.1. The summed E-state index contributed by atoms with van der Waals surface area (Å²) in [5.41, 5.74) is 1.25. The molecule has 0 bridgehead atoms. The van der Waals surface area contributed by atoms with Gasteiger partial charge in [-0.25, -0.2) is 0 Å². The summed E-state index contributed by atoms with van der Waals surface area (Å²) in [5.74, 6) is 0.807. The fourth-order valence-electron chi connectivity index (χ4n) is 1.28. The van der Waals surface area contributed by atoms with Crippen LogP contribution in [0.4, 0.5) is 0 Å². The maximum Gasteiger partial charge on any atom is 0.191 e. The normalized spacial score (nSPS) is 13.5. The number of nitrogens with zero attached hydrogens (tertiary/aromatic N) is 1. The van der Waals surface area contributed by atoms with E-state index in [1.807, 2.05) is 25.2 Å². The van der Waals surface area contributed by atoms with Crippen molar-refractivity contribution < 1.29 is 0 Å². The van der Waals surface area contributed by atoms with Gasteiger partial charge in [0.2, 0.25) is 0 Å². The first-order valence-electron chi connectivity index (χ1n) is 4.74. The van der Waals surface area contributed by atoms with E-state index in [-0.39, 0.29) is 6.04 Å². The van der Waals surface area contributed by atoms with E-state index in [1.54, 1.807) is 7.05 Å². The third-order valence-electron chi connectivity index (χ3n) is 2.11. The van der Waals surface area contributed by atoms with Gasteiger partial charge in [-0.3, -0.25) is 4.99 Å². The van der Waals surface area contributed by atoms with E-state index in [9.17, 15) is 0 Å². The highest BCUT2D eigenvalue weighted by Crippen LogP contribution is 2.10. The molecule has 0 heterocycles. The van der Waals surface area contributed by atoms with Crippen LogP contribution in [-0.2, 0) is 0 Å². The van der Waals surface area contributed by atoms with Crippen molar-refractivity contribution in [3.05, 3.63) is 35.9 Å². The zero-order chi connectivity index (χ0) is 10.4. The van der Waals surface area contributed by atoms with Gasteiger partial charge in [0.15, 0.2) is 5.96 Å². The molecule has 76 valence electrons. The number of hydrogen-bond acceptors (Lipinski definition) is 1. The summed E-state index contributed by atoms with van der Waals surface area (Å²) in [5, 5.41) is 6.26. The van der Waals surface area contributed by atoms with Crippen molar-refractivity contribution in [2.45, 2.75) is 13.0 Å². The second-order valence-corrected chi connectivity index (χ2v) is 3.10. The van der Waals surface area contributed by atoms with Crippen molar-refractivity contribution in [2.75, 3.05) is 14.1 Å². The van der Waals surface area contributed by atoms with Crippen LogP contribution in [0.5, 0.6) is 0 Å². The summed E-state index contributed by atoms with van der Waals surface area (Å²) in [7, 11) is 3.61. The van der Waals surface area contributed by atoms with Crippen LogP contribution in [0, 0.1) is 0 Å². The van der Waals surface area contributed by atoms with Crippen molar-refractivity contribution >= 4 is 5.96 Å². The third kappa shape index (κ3) is 2.76. The average Bonchev–Trinajstić information content (AvgIpc) is 2.26. The molecule has 3 nitrogen and oxygen atoms in total. The average molecular weight is 191 g/mol. The Morgan fingerprint density at radius 2 is 1.93 bits per heavy atom. The van der Waals surface area contributed by atoms with Gasteiger partial charge in [-0.05, 0) is 12.5 Å². The van der Waals surface area contributed by atoms with Crippen molar-refractivity contribution in [3.8, 4) is 0 Å². The Kier molecular flexibility index (Phi) is 3.98. The van der Waals surface area contributed by atoms with E-state index in [4.69, 9.17) is 0 Å². The number of aliphatic imine (C=N–C) groups is 1. The molecule has 14 heavy (non-hydrogen) atoms. The summed E-state index contributed by atoms with van der Waals surface area (Å²) in [6, 6.07) is 10.6. The van der Waals surface area contributed by atoms with Crippen LogP contribution < -0.4 is 10.6 Å². The summed E-state index contributed by atoms with van der Waals surface area (Å²) in [4.78, 5) is 4.07. The minimum absolute atomic E-state index is 0.266. The number of hydrogen-bond donors (Lipinski definition) is 2. The van der Waals surface area contributed by atoms with E-state index >= 15 is 0 Å². The molecular weight excluding hydrogens is 174 g/mol. The lowest BCUT2D eigenvalue weighted by Gasteiger charge is -2.16. The molecule has 3 heteroatoms. The molecule has 0 radical (unpaired) electrons. The van der Waals surface area contributed by atoms with Gasteiger partial charge >= 0.3 is 0 Å². The second-order valence-electron chi connectivity index (χ2n) is 3.10. The highest BCUT2D eigenvalue weighted by atomic mass is 15.2. The summed E-state index contributed by atoms with van der Waals surface area (Å²) in [6.45, 7) is 2.11. The van der Waals surface area contributed by atoms with Crippen molar-refractivity contribution in [3.63, 3.8) is 0 Å². The Balaban J connectivity index is 2.63. The van der Waals surface area contributed by atoms with Crippen molar-refractivity contribution in [1.29, 1.82) is 0 Å². The van der Waals surface area contributed by atoms with E-state index in [2.05, 4.69) is 34.7 Å². The number of rotatable bonds is 2. The standard InChI is InChI=1S/C11H17N3/c1-9(14-11(12-2)13-3)10-7-5-4-6-8-10/h4-9H,1-3H3,(H2,12,13,14). The first kappa shape index (κ1) is 10.6. The molecule has 1 aromatic carbocycles. The zero-order valence-corrected chi connectivity index (χ0v) is 8.91. The minimum Gasteiger partial charge on any atom is -0.359 e. The maximum absolute atomic E-state index is 4.07. The molecule has 0 aliphatic heterocycles. The number of benzene rings is 1. The summed E-state index contributed by atoms with van der Waals surface area (Å²) in [6.07, 6.45) is 0. The lowest BCUT2D eigenvalue weighted by Crippen LogP contribution is -2.36. The first-order valence-corrected chi connectivity index (χ1v) is 4.74. The van der Waals surface area contributed by atoms with Crippen molar-refractivity contribution in [1.82, 2.24) is 10.6 Å². The van der Waals surface area contributed by atoms with Gasteiger partial charge in [-0.15, -0.1) is 0 Å². The van der Waals surface area contributed by atoms with Gasteiger partial charge in [0.25, 0.3) is 0 Å². The molecule has 0 fully saturated rings. The smallest absolute Gasteiger partial charge is 0.191 e. The van der Waals surface area contributed by atoms with Gasteiger partial charge in [-0.2, -0.15) is 0 Å². The van der Waals surface area contributed by atoms with Gasteiger partial charge in [0, 0.05) is 14.1 Å². The Hall–Kier alpha value is -1.51. The van der Waals surface area contributed by atoms with E-state index in [1.165, 1.54) is 5.56 Å². The molecule has 0 aliphatic rings. The topological polar surface area (TPSA) is 36.4 Å². The fourth-order valence-corrected chi connectivity index (χ4v) is 1.28. The Bertz CT molecular complexity index is 293. The van der Waals surface area contributed by atoms with Crippen LogP contribution in [0.1, 0.15) is 18.5 Å². The van der Waals surface area contributed by atoms with E-state index in [0.29, 0.717) is 0 Å². The molecule has 0 aromatic heterocycles. The largest absolute Gasteiger partial charge is 0.359 e. The SMILES string of the molecule is CN=C(NC)NC(C)c1ccccc1.